The average molecular weight is 265 g/mol. The zero-order chi connectivity index (χ0) is 13.3. The first-order valence-corrected chi connectivity index (χ1v) is 8.18. The molecule has 1 saturated carbocycles. The van der Waals surface area contributed by atoms with Crippen LogP contribution in [0.3, 0.4) is 0 Å². The molecule has 0 bridgehead atoms. The van der Waals surface area contributed by atoms with E-state index in [4.69, 9.17) is 0 Å². The Bertz CT molecular complexity index is 255. The fourth-order valence-corrected chi connectivity index (χ4v) is 3.20. The topological polar surface area (TPSA) is 32.3 Å². The number of hydrogen-bond donors (Lipinski definition) is 1. The fraction of sp³-hybridized carbons (Fsp3) is 0.875. The number of nitrogens with zero attached hydrogens (tertiary/aromatic N) is 1. The maximum Gasteiger partial charge on any atom is 0.223 e. The van der Waals surface area contributed by atoms with E-state index in [1.807, 2.05) is 0 Å². The highest BCUT2D eigenvalue weighted by Crippen LogP contribution is 2.23. The summed E-state index contributed by atoms with van der Waals surface area (Å²) < 4.78 is 0. The van der Waals surface area contributed by atoms with Crippen LogP contribution in [0.1, 0.15) is 57.8 Å². The summed E-state index contributed by atoms with van der Waals surface area (Å²) in [4.78, 5) is 14.4. The monoisotopic (exact) mass is 265 g/mol. The third-order valence-electron chi connectivity index (χ3n) is 4.46. The van der Waals surface area contributed by atoms with E-state index in [2.05, 4.69) is 16.6 Å². The summed E-state index contributed by atoms with van der Waals surface area (Å²) in [5, 5.41) is 3.12. The van der Waals surface area contributed by atoms with Gasteiger partial charge in [0, 0.05) is 19.0 Å². The van der Waals surface area contributed by atoms with Crippen molar-refractivity contribution in [3.8, 4) is 0 Å². The van der Waals surface area contributed by atoms with Crippen LogP contribution in [0.5, 0.6) is 0 Å². The maximum absolute atomic E-state index is 11.9. The molecule has 2 fully saturated rings. The average Bonchev–Trinajstić information content (AvgIpc) is 2.96. The number of carbonyl (C=O) groups excluding carboxylic acids is 1. The van der Waals surface area contributed by atoms with Crippen molar-refractivity contribution < 1.29 is 4.79 Å². The Morgan fingerprint density at radius 2 is 2.00 bits per heavy atom. The van der Waals surface area contributed by atoms with Crippen molar-refractivity contribution >= 4 is 5.91 Å². The summed E-state index contributed by atoms with van der Waals surface area (Å²) in [7, 11) is 0. The third-order valence-corrected chi connectivity index (χ3v) is 4.46. The zero-order valence-corrected chi connectivity index (χ0v) is 12.2. The molecule has 2 aliphatic rings. The molecule has 1 aliphatic heterocycles. The van der Waals surface area contributed by atoms with Crippen LogP contribution in [0.15, 0.2) is 0 Å². The molecule has 3 heteroatoms. The van der Waals surface area contributed by atoms with Gasteiger partial charge < -0.3 is 10.2 Å². The molecule has 19 heavy (non-hydrogen) atoms. The van der Waals surface area contributed by atoms with Crippen LogP contribution in [0.25, 0.3) is 0 Å². The van der Waals surface area contributed by atoms with E-state index in [0.29, 0.717) is 11.8 Å². The van der Waals surface area contributed by atoms with Gasteiger partial charge in [-0.25, -0.2) is 0 Å². The first-order valence-electron chi connectivity index (χ1n) is 8.18. The van der Waals surface area contributed by atoms with E-state index in [-0.39, 0.29) is 0 Å². The summed E-state index contributed by atoms with van der Waals surface area (Å²) in [6.07, 6.45) is 13.3. The van der Waals surface area contributed by atoms with Gasteiger partial charge in [-0.05, 0) is 51.6 Å². The SMILES string of the molecule is O=C(NCCCCCN1C[CH]CC1)C1CCCCC1. The third kappa shape index (κ3) is 5.52. The van der Waals surface area contributed by atoms with E-state index in [9.17, 15) is 4.79 Å². The number of hydrogen-bond acceptors (Lipinski definition) is 2. The molecule has 1 radical (unpaired) electrons. The predicted molar refractivity (Wildman–Crippen MR) is 78.8 cm³/mol. The van der Waals surface area contributed by atoms with Gasteiger partial charge in [0.25, 0.3) is 0 Å². The van der Waals surface area contributed by atoms with Gasteiger partial charge in [0.05, 0.1) is 0 Å². The Morgan fingerprint density at radius 3 is 2.74 bits per heavy atom. The molecular formula is C16H29N2O. The minimum absolute atomic E-state index is 0.314. The number of carbonyl (C=O) groups is 1. The molecule has 1 N–H and O–H groups in total. The van der Waals surface area contributed by atoms with E-state index in [1.54, 1.807) is 0 Å². The molecule has 1 saturated heterocycles. The lowest BCUT2D eigenvalue weighted by molar-refractivity contribution is -0.125. The molecule has 2 rings (SSSR count). The quantitative estimate of drug-likeness (QED) is 0.718. The molecule has 0 spiro atoms. The highest BCUT2D eigenvalue weighted by atomic mass is 16.1. The van der Waals surface area contributed by atoms with Crippen molar-refractivity contribution in [2.45, 2.75) is 57.8 Å². The van der Waals surface area contributed by atoms with Crippen molar-refractivity contribution in [2.24, 2.45) is 5.92 Å². The fourth-order valence-electron chi connectivity index (χ4n) is 3.20. The van der Waals surface area contributed by atoms with Gasteiger partial charge in [0.15, 0.2) is 0 Å². The summed E-state index contributed by atoms with van der Waals surface area (Å²) in [6.45, 7) is 4.53. The lowest BCUT2D eigenvalue weighted by atomic mass is 9.89. The van der Waals surface area contributed by atoms with Crippen molar-refractivity contribution in [1.29, 1.82) is 0 Å². The van der Waals surface area contributed by atoms with Gasteiger partial charge in [-0.2, -0.15) is 0 Å². The molecule has 3 nitrogen and oxygen atoms in total. The normalized spacial score (nSPS) is 21.7. The standard InChI is InChI=1S/C16H29N2O/c19-16(15-9-3-1-4-10-15)17-11-5-2-6-12-18-13-7-8-14-18/h7,15H,1-6,8-14H2,(H,17,19). The molecule has 0 aromatic heterocycles. The highest BCUT2D eigenvalue weighted by molar-refractivity contribution is 5.78. The van der Waals surface area contributed by atoms with Crippen LogP contribution in [0.4, 0.5) is 0 Å². The molecule has 109 valence electrons. The van der Waals surface area contributed by atoms with Crippen LogP contribution >= 0.6 is 0 Å². The summed E-state index contributed by atoms with van der Waals surface area (Å²) in [6, 6.07) is 0. The number of likely N-dealkylation sites (tertiary alicyclic amines) is 1. The summed E-state index contributed by atoms with van der Waals surface area (Å²) in [5.74, 6) is 0.628. The lowest BCUT2D eigenvalue weighted by Gasteiger charge is -2.20. The molecule has 0 aromatic rings. The van der Waals surface area contributed by atoms with E-state index < -0.39 is 0 Å². The minimum atomic E-state index is 0.314. The summed E-state index contributed by atoms with van der Waals surface area (Å²) >= 11 is 0. The Balaban J connectivity index is 1.43. The van der Waals surface area contributed by atoms with Gasteiger partial charge in [-0.3, -0.25) is 4.79 Å². The number of rotatable bonds is 7. The maximum atomic E-state index is 11.9. The molecule has 1 heterocycles. The van der Waals surface area contributed by atoms with Gasteiger partial charge in [0.2, 0.25) is 5.91 Å². The highest BCUT2D eigenvalue weighted by Gasteiger charge is 2.20. The van der Waals surface area contributed by atoms with Gasteiger partial charge in [-0.15, -0.1) is 0 Å². The Hall–Kier alpha value is -0.570. The van der Waals surface area contributed by atoms with Gasteiger partial charge in [-0.1, -0.05) is 25.7 Å². The van der Waals surface area contributed by atoms with Crippen LogP contribution in [-0.4, -0.2) is 37.0 Å². The van der Waals surface area contributed by atoms with Gasteiger partial charge in [0.1, 0.15) is 0 Å². The molecule has 1 amide bonds. The second-order valence-corrected chi connectivity index (χ2v) is 6.06. The number of unbranched alkanes of at least 4 members (excludes halogenated alkanes) is 2. The van der Waals surface area contributed by atoms with Crippen molar-refractivity contribution in [3.05, 3.63) is 6.42 Å². The molecule has 1 aliphatic carbocycles. The van der Waals surface area contributed by atoms with Crippen LogP contribution in [-0.2, 0) is 4.79 Å². The van der Waals surface area contributed by atoms with E-state index in [1.165, 1.54) is 58.2 Å². The second-order valence-electron chi connectivity index (χ2n) is 6.06. The molecule has 0 aromatic carbocycles. The van der Waals surface area contributed by atoms with Crippen molar-refractivity contribution in [3.63, 3.8) is 0 Å². The zero-order valence-electron chi connectivity index (χ0n) is 12.2. The van der Waals surface area contributed by atoms with Crippen LogP contribution in [0, 0.1) is 12.3 Å². The minimum Gasteiger partial charge on any atom is -0.356 e. The molecule has 0 unspecified atom stereocenters. The van der Waals surface area contributed by atoms with Crippen molar-refractivity contribution in [1.82, 2.24) is 10.2 Å². The van der Waals surface area contributed by atoms with E-state index in [0.717, 1.165) is 25.8 Å². The van der Waals surface area contributed by atoms with Crippen LogP contribution in [0.2, 0.25) is 0 Å². The first kappa shape index (κ1) is 14.8. The predicted octanol–water partition coefficient (Wildman–Crippen LogP) is 2.76. The van der Waals surface area contributed by atoms with E-state index >= 15 is 0 Å². The largest absolute Gasteiger partial charge is 0.356 e. The Labute approximate surface area is 118 Å². The Morgan fingerprint density at radius 1 is 1.16 bits per heavy atom. The first-order chi connectivity index (χ1) is 9.36. The second kappa shape index (κ2) is 8.57. The van der Waals surface area contributed by atoms with Crippen molar-refractivity contribution in [2.75, 3.05) is 26.2 Å². The van der Waals surface area contributed by atoms with Gasteiger partial charge >= 0.3 is 0 Å². The van der Waals surface area contributed by atoms with Crippen LogP contribution < -0.4 is 5.32 Å². The number of nitrogens with one attached hydrogen (secondary N) is 1. The smallest absolute Gasteiger partial charge is 0.223 e. The molecule has 0 atom stereocenters. The Kier molecular flexibility index (Phi) is 6.69. The molecular weight excluding hydrogens is 236 g/mol. The summed E-state index contributed by atoms with van der Waals surface area (Å²) in [5.41, 5.74) is 0. The lowest BCUT2D eigenvalue weighted by Crippen LogP contribution is -2.32. The number of amides is 1.